The van der Waals surface area contributed by atoms with Gasteiger partial charge in [0, 0.05) is 37.4 Å². The van der Waals surface area contributed by atoms with Crippen LogP contribution in [0.15, 0.2) is 47.5 Å². The van der Waals surface area contributed by atoms with Crippen LogP contribution in [0.5, 0.6) is 0 Å². The maximum absolute atomic E-state index is 12.1. The summed E-state index contributed by atoms with van der Waals surface area (Å²) >= 11 is 0. The van der Waals surface area contributed by atoms with Crippen LogP contribution >= 0.6 is 0 Å². The van der Waals surface area contributed by atoms with Crippen LogP contribution in [0.2, 0.25) is 0 Å². The van der Waals surface area contributed by atoms with Crippen molar-refractivity contribution in [2.24, 2.45) is 0 Å². The minimum atomic E-state index is -0.283. The lowest BCUT2D eigenvalue weighted by Gasteiger charge is -2.08. The third kappa shape index (κ3) is 3.08. The number of aromatic nitrogens is 3. The summed E-state index contributed by atoms with van der Waals surface area (Å²) in [7, 11) is 1.93. The van der Waals surface area contributed by atoms with Gasteiger partial charge in [-0.1, -0.05) is 12.1 Å². The first kappa shape index (κ1) is 14.5. The van der Waals surface area contributed by atoms with E-state index in [4.69, 9.17) is 0 Å². The van der Waals surface area contributed by atoms with Gasteiger partial charge in [0.15, 0.2) is 0 Å². The summed E-state index contributed by atoms with van der Waals surface area (Å²) < 4.78 is 1.56. The van der Waals surface area contributed by atoms with Crippen LogP contribution in [0.3, 0.4) is 0 Å². The SMILES string of the molecule is CNCCNCc1ccc(-n2cc3cc[nH]c3nc2=O)cc1. The van der Waals surface area contributed by atoms with Gasteiger partial charge in [-0.15, -0.1) is 0 Å². The smallest absolute Gasteiger partial charge is 0.346 e. The number of H-pyrrole nitrogens is 1. The zero-order chi connectivity index (χ0) is 15.4. The molecule has 0 fully saturated rings. The summed E-state index contributed by atoms with van der Waals surface area (Å²) in [6.07, 6.45) is 3.59. The average Bonchev–Trinajstić information content (AvgIpc) is 2.98. The molecule has 114 valence electrons. The zero-order valence-corrected chi connectivity index (χ0v) is 12.5. The lowest BCUT2D eigenvalue weighted by Crippen LogP contribution is -2.24. The minimum absolute atomic E-state index is 0.283. The van der Waals surface area contributed by atoms with Gasteiger partial charge in [0.25, 0.3) is 0 Å². The van der Waals surface area contributed by atoms with Crippen LogP contribution in [-0.4, -0.2) is 34.7 Å². The van der Waals surface area contributed by atoms with Crippen molar-refractivity contribution in [1.82, 2.24) is 25.2 Å². The fourth-order valence-electron chi connectivity index (χ4n) is 2.32. The van der Waals surface area contributed by atoms with E-state index in [1.165, 1.54) is 5.56 Å². The molecule has 2 heterocycles. The lowest BCUT2D eigenvalue weighted by molar-refractivity contribution is 0.650. The largest absolute Gasteiger partial charge is 0.354 e. The third-order valence-electron chi connectivity index (χ3n) is 3.53. The molecular formula is C16H19N5O. The number of aromatic amines is 1. The molecule has 0 radical (unpaired) electrons. The number of likely N-dealkylation sites (N-methyl/N-ethyl adjacent to an activating group) is 1. The average molecular weight is 297 g/mol. The summed E-state index contributed by atoms with van der Waals surface area (Å²) in [6.45, 7) is 2.67. The molecule has 3 N–H and O–H groups in total. The molecule has 0 bridgehead atoms. The second kappa shape index (κ2) is 6.55. The van der Waals surface area contributed by atoms with E-state index in [1.54, 1.807) is 17.0 Å². The first-order valence-corrected chi connectivity index (χ1v) is 7.29. The summed E-state index contributed by atoms with van der Waals surface area (Å²) in [5.41, 5.74) is 2.34. The molecule has 3 rings (SSSR count). The van der Waals surface area contributed by atoms with Crippen LogP contribution in [0.4, 0.5) is 0 Å². The van der Waals surface area contributed by atoms with Crippen molar-refractivity contribution in [2.75, 3.05) is 20.1 Å². The highest BCUT2D eigenvalue weighted by molar-refractivity contribution is 5.74. The van der Waals surface area contributed by atoms with Gasteiger partial charge in [-0.25, -0.2) is 4.79 Å². The predicted octanol–water partition coefficient (Wildman–Crippen LogP) is 1.02. The number of nitrogens with one attached hydrogen (secondary N) is 3. The van der Waals surface area contributed by atoms with Crippen LogP contribution in [-0.2, 0) is 6.54 Å². The molecule has 0 amide bonds. The van der Waals surface area contributed by atoms with E-state index in [2.05, 4.69) is 20.6 Å². The van der Waals surface area contributed by atoms with Crippen LogP contribution < -0.4 is 16.3 Å². The highest BCUT2D eigenvalue weighted by atomic mass is 16.1. The summed E-state index contributed by atoms with van der Waals surface area (Å²) in [6, 6.07) is 9.83. The van der Waals surface area contributed by atoms with Crippen molar-refractivity contribution in [3.05, 3.63) is 58.8 Å². The Bertz CT molecular complexity index is 803. The van der Waals surface area contributed by atoms with Gasteiger partial charge >= 0.3 is 5.69 Å². The third-order valence-corrected chi connectivity index (χ3v) is 3.53. The number of benzene rings is 1. The van der Waals surface area contributed by atoms with Crippen molar-refractivity contribution in [2.45, 2.75) is 6.54 Å². The van der Waals surface area contributed by atoms with Gasteiger partial charge < -0.3 is 15.6 Å². The van der Waals surface area contributed by atoms with Gasteiger partial charge in [0.1, 0.15) is 5.65 Å². The summed E-state index contributed by atoms with van der Waals surface area (Å²) in [5, 5.41) is 7.35. The standard InChI is InChI=1S/C16H19N5O/c1-17-8-9-18-10-12-2-4-14(5-3-12)21-11-13-6-7-19-15(13)20-16(21)22/h2-7,11,17-18H,8-10H2,1H3,(H,19,20,22). The second-order valence-corrected chi connectivity index (χ2v) is 5.12. The van der Waals surface area contributed by atoms with E-state index in [-0.39, 0.29) is 5.69 Å². The number of fused-ring (bicyclic) bond motifs is 1. The molecule has 2 aromatic heterocycles. The Hall–Kier alpha value is -2.44. The highest BCUT2D eigenvalue weighted by Crippen LogP contribution is 2.11. The number of rotatable bonds is 6. The first-order valence-electron chi connectivity index (χ1n) is 7.29. The van der Waals surface area contributed by atoms with Crippen molar-refractivity contribution in [1.29, 1.82) is 0 Å². The fraction of sp³-hybridized carbons (Fsp3) is 0.250. The molecule has 6 heteroatoms. The molecule has 0 aliphatic carbocycles. The number of nitrogens with zero attached hydrogens (tertiary/aromatic N) is 2. The molecule has 0 atom stereocenters. The van der Waals surface area contributed by atoms with Crippen molar-refractivity contribution in [3.63, 3.8) is 0 Å². The highest BCUT2D eigenvalue weighted by Gasteiger charge is 2.04. The molecule has 0 unspecified atom stereocenters. The Balaban J connectivity index is 1.79. The molecule has 22 heavy (non-hydrogen) atoms. The maximum Gasteiger partial charge on any atom is 0.354 e. The van der Waals surface area contributed by atoms with Gasteiger partial charge in [-0.3, -0.25) is 4.57 Å². The molecule has 6 nitrogen and oxygen atoms in total. The molecule has 0 aliphatic rings. The monoisotopic (exact) mass is 297 g/mol. The Kier molecular flexibility index (Phi) is 4.32. The molecule has 1 aromatic carbocycles. The summed E-state index contributed by atoms with van der Waals surface area (Å²) in [5.74, 6) is 0. The summed E-state index contributed by atoms with van der Waals surface area (Å²) in [4.78, 5) is 19.1. The molecule has 0 spiro atoms. The van der Waals surface area contributed by atoms with E-state index in [1.807, 2.05) is 37.4 Å². The van der Waals surface area contributed by atoms with Crippen LogP contribution in [0, 0.1) is 0 Å². The predicted molar refractivity (Wildman–Crippen MR) is 87.3 cm³/mol. The molecule has 0 aliphatic heterocycles. The molecule has 0 saturated carbocycles. The maximum atomic E-state index is 12.1. The van der Waals surface area contributed by atoms with E-state index in [0.717, 1.165) is 30.7 Å². The zero-order valence-electron chi connectivity index (χ0n) is 12.5. The van der Waals surface area contributed by atoms with Gasteiger partial charge in [0.2, 0.25) is 0 Å². The van der Waals surface area contributed by atoms with E-state index >= 15 is 0 Å². The van der Waals surface area contributed by atoms with Crippen LogP contribution in [0.25, 0.3) is 16.7 Å². The molecular weight excluding hydrogens is 278 g/mol. The topological polar surface area (TPSA) is 74.7 Å². The molecule has 0 saturated heterocycles. The lowest BCUT2D eigenvalue weighted by atomic mass is 10.2. The van der Waals surface area contributed by atoms with Crippen molar-refractivity contribution >= 4 is 11.0 Å². The Morgan fingerprint density at radius 1 is 1.18 bits per heavy atom. The Labute approximate surface area is 128 Å². The first-order chi connectivity index (χ1) is 10.8. The van der Waals surface area contributed by atoms with Gasteiger partial charge in [0.05, 0.1) is 5.69 Å². The normalized spacial score (nSPS) is 11.1. The number of hydrogen-bond acceptors (Lipinski definition) is 4. The van der Waals surface area contributed by atoms with E-state index in [9.17, 15) is 4.79 Å². The minimum Gasteiger partial charge on any atom is -0.346 e. The van der Waals surface area contributed by atoms with E-state index in [0.29, 0.717) is 5.65 Å². The fourth-order valence-corrected chi connectivity index (χ4v) is 2.32. The van der Waals surface area contributed by atoms with Crippen molar-refractivity contribution < 1.29 is 0 Å². The van der Waals surface area contributed by atoms with Crippen LogP contribution in [0.1, 0.15) is 5.56 Å². The number of hydrogen-bond donors (Lipinski definition) is 3. The van der Waals surface area contributed by atoms with Gasteiger partial charge in [-0.05, 0) is 30.8 Å². The quantitative estimate of drug-likeness (QED) is 0.594. The second-order valence-electron chi connectivity index (χ2n) is 5.12. The molecule has 3 aromatic rings. The van der Waals surface area contributed by atoms with E-state index < -0.39 is 0 Å². The van der Waals surface area contributed by atoms with Gasteiger partial charge in [-0.2, -0.15) is 4.98 Å². The Morgan fingerprint density at radius 3 is 2.77 bits per heavy atom. The van der Waals surface area contributed by atoms with Crippen molar-refractivity contribution in [3.8, 4) is 5.69 Å². The Morgan fingerprint density at radius 2 is 2.00 bits per heavy atom.